The van der Waals surface area contributed by atoms with E-state index in [4.69, 9.17) is 27.9 Å². The van der Waals surface area contributed by atoms with Crippen LogP contribution in [0.4, 0.5) is 10.3 Å². The molecular weight excluding hydrogens is 446 g/mol. The zero-order valence-electron chi connectivity index (χ0n) is 15.9. The van der Waals surface area contributed by atoms with Crippen LogP contribution in [0.2, 0.25) is 10.0 Å². The van der Waals surface area contributed by atoms with Gasteiger partial charge in [0.2, 0.25) is 5.95 Å². The second kappa shape index (κ2) is 9.15. The first-order valence-corrected chi connectivity index (χ1v) is 9.79. The van der Waals surface area contributed by atoms with Gasteiger partial charge in [0.25, 0.3) is 5.91 Å². The van der Waals surface area contributed by atoms with Crippen LogP contribution in [0.3, 0.4) is 0 Å². The molecule has 0 radical (unpaired) electrons. The first-order chi connectivity index (χ1) is 15.0. The van der Waals surface area contributed by atoms with Crippen molar-refractivity contribution in [2.45, 2.75) is 13.3 Å². The normalized spacial score (nSPS) is 10.8. The van der Waals surface area contributed by atoms with Gasteiger partial charge >= 0.3 is 0 Å². The largest absolute Gasteiger partial charge is 0.470 e. The van der Waals surface area contributed by atoms with Crippen molar-refractivity contribution in [1.29, 1.82) is 0 Å². The van der Waals surface area contributed by atoms with Crippen LogP contribution >= 0.6 is 23.2 Å². The topological polar surface area (TPSA) is 86.9 Å². The average Bonchev–Trinajstić information content (AvgIpc) is 3.39. The summed E-state index contributed by atoms with van der Waals surface area (Å²) >= 11 is 12.0. The van der Waals surface area contributed by atoms with E-state index in [1.54, 1.807) is 36.5 Å². The summed E-state index contributed by atoms with van der Waals surface area (Å²) < 4.78 is 21.8. The summed E-state index contributed by atoms with van der Waals surface area (Å²) in [5.74, 6) is -0.298. The highest BCUT2D eigenvalue weighted by atomic mass is 35.5. The van der Waals surface area contributed by atoms with Gasteiger partial charge in [-0.3, -0.25) is 10.1 Å². The highest BCUT2D eigenvalue weighted by Crippen LogP contribution is 2.31. The van der Waals surface area contributed by atoms with Crippen molar-refractivity contribution in [3.05, 3.63) is 88.2 Å². The van der Waals surface area contributed by atoms with Crippen LogP contribution in [-0.2, 0) is 13.3 Å². The van der Waals surface area contributed by atoms with Crippen molar-refractivity contribution in [1.82, 2.24) is 24.5 Å². The predicted molar refractivity (Wildman–Crippen MR) is 113 cm³/mol. The first-order valence-electron chi connectivity index (χ1n) is 9.03. The lowest BCUT2D eigenvalue weighted by Gasteiger charge is -2.08. The first kappa shape index (κ1) is 20.8. The maximum absolute atomic E-state index is 13.3. The van der Waals surface area contributed by atoms with Crippen LogP contribution < -0.4 is 10.1 Å². The van der Waals surface area contributed by atoms with Gasteiger partial charge in [-0.15, -0.1) is 5.10 Å². The Bertz CT molecular complexity index is 1230. The molecule has 4 rings (SSSR count). The number of ether oxygens (including phenoxy) is 1. The van der Waals surface area contributed by atoms with E-state index in [-0.39, 0.29) is 24.2 Å². The lowest BCUT2D eigenvalue weighted by atomic mass is 10.2. The molecule has 158 valence electrons. The second-order valence-corrected chi connectivity index (χ2v) is 7.20. The molecule has 2 heterocycles. The van der Waals surface area contributed by atoms with Crippen LogP contribution in [0.25, 0.3) is 0 Å². The highest BCUT2D eigenvalue weighted by Gasteiger charge is 2.13. The van der Waals surface area contributed by atoms with Crippen molar-refractivity contribution in [3.63, 3.8) is 0 Å². The molecule has 2 aromatic carbocycles. The van der Waals surface area contributed by atoms with Crippen LogP contribution in [0.1, 0.15) is 16.1 Å². The van der Waals surface area contributed by atoms with Gasteiger partial charge < -0.3 is 4.74 Å². The summed E-state index contributed by atoms with van der Waals surface area (Å²) in [5.41, 5.74) is 0.878. The number of carbonyl (C=O) groups excluding carboxylic acids is 1. The summed E-state index contributed by atoms with van der Waals surface area (Å²) in [5, 5.41) is 11.6. The Morgan fingerprint density at radius 1 is 1.10 bits per heavy atom. The molecule has 31 heavy (non-hydrogen) atoms. The van der Waals surface area contributed by atoms with Crippen molar-refractivity contribution >= 4 is 35.1 Å². The number of amides is 1. The van der Waals surface area contributed by atoms with Gasteiger partial charge in [0.15, 0.2) is 12.4 Å². The molecule has 11 heteroatoms. The third-order valence-electron chi connectivity index (χ3n) is 4.14. The summed E-state index contributed by atoms with van der Waals surface area (Å²) in [4.78, 5) is 16.4. The molecule has 0 bridgehead atoms. The molecule has 0 aliphatic rings. The number of aromatic nitrogens is 5. The summed E-state index contributed by atoms with van der Waals surface area (Å²) in [6.07, 6.45) is 3.03. The fourth-order valence-corrected chi connectivity index (χ4v) is 3.05. The molecular formula is C20H15Cl2FN6O2. The second-order valence-electron chi connectivity index (χ2n) is 6.42. The van der Waals surface area contributed by atoms with E-state index in [1.807, 2.05) is 0 Å². The van der Waals surface area contributed by atoms with Gasteiger partial charge in [0.05, 0.1) is 11.6 Å². The standard InChI is InChI=1S/C20H15Cl2FN6O2/c21-15-5-2-6-17(18(15)22)31-12-28-8-7-16(26-28)19(30)25-20-24-11-29(27-20)10-13-3-1-4-14(23)9-13/h1-9,11H,10,12H2,(H,25,27,30). The van der Waals surface area contributed by atoms with E-state index >= 15 is 0 Å². The zero-order valence-corrected chi connectivity index (χ0v) is 17.4. The monoisotopic (exact) mass is 460 g/mol. The number of nitrogens with zero attached hydrogens (tertiary/aromatic N) is 5. The number of nitrogens with one attached hydrogen (secondary N) is 1. The molecule has 2 aromatic heterocycles. The summed E-state index contributed by atoms with van der Waals surface area (Å²) in [6, 6.07) is 12.7. The SMILES string of the molecule is O=C(Nc1ncn(Cc2cccc(F)c2)n1)c1ccn(COc2cccc(Cl)c2Cl)n1. The Hall–Kier alpha value is -3.43. The Balaban J connectivity index is 1.35. The number of hydrogen-bond acceptors (Lipinski definition) is 5. The molecule has 0 atom stereocenters. The average molecular weight is 461 g/mol. The molecule has 0 aliphatic heterocycles. The number of anilines is 1. The minimum atomic E-state index is -0.483. The molecule has 1 amide bonds. The molecule has 8 nitrogen and oxygen atoms in total. The van der Waals surface area contributed by atoms with E-state index in [0.29, 0.717) is 22.3 Å². The third-order valence-corrected chi connectivity index (χ3v) is 4.94. The van der Waals surface area contributed by atoms with E-state index < -0.39 is 5.91 Å². The molecule has 0 saturated carbocycles. The Morgan fingerprint density at radius 3 is 2.77 bits per heavy atom. The molecule has 0 spiro atoms. The number of carbonyl (C=O) groups is 1. The Morgan fingerprint density at radius 2 is 1.94 bits per heavy atom. The van der Waals surface area contributed by atoms with Gasteiger partial charge in [0.1, 0.15) is 22.9 Å². The van der Waals surface area contributed by atoms with Crippen LogP contribution in [-0.4, -0.2) is 30.5 Å². The van der Waals surface area contributed by atoms with Crippen molar-refractivity contribution in [3.8, 4) is 5.75 Å². The quantitative estimate of drug-likeness (QED) is 0.445. The lowest BCUT2D eigenvalue weighted by molar-refractivity contribution is 0.101. The number of rotatable bonds is 7. The number of benzene rings is 2. The van der Waals surface area contributed by atoms with Gasteiger partial charge in [0, 0.05) is 6.20 Å². The minimum absolute atomic E-state index is 0.0356. The van der Waals surface area contributed by atoms with Gasteiger partial charge in [-0.2, -0.15) is 5.10 Å². The van der Waals surface area contributed by atoms with Gasteiger partial charge in [-0.25, -0.2) is 18.7 Å². The highest BCUT2D eigenvalue weighted by molar-refractivity contribution is 6.42. The minimum Gasteiger partial charge on any atom is -0.470 e. The molecule has 4 aromatic rings. The van der Waals surface area contributed by atoms with Crippen LogP contribution in [0, 0.1) is 5.82 Å². The van der Waals surface area contributed by atoms with Gasteiger partial charge in [-0.1, -0.05) is 41.4 Å². The Kier molecular flexibility index (Phi) is 6.15. The smallest absolute Gasteiger partial charge is 0.278 e. The van der Waals surface area contributed by atoms with E-state index in [1.165, 1.54) is 33.9 Å². The number of halogens is 3. The van der Waals surface area contributed by atoms with Crippen LogP contribution in [0.15, 0.2) is 61.1 Å². The Labute approximate surface area is 186 Å². The maximum atomic E-state index is 13.3. The van der Waals surface area contributed by atoms with Crippen molar-refractivity contribution < 1.29 is 13.9 Å². The fourth-order valence-electron chi connectivity index (χ4n) is 2.70. The van der Waals surface area contributed by atoms with Crippen LogP contribution in [0.5, 0.6) is 5.75 Å². The maximum Gasteiger partial charge on any atom is 0.278 e. The summed E-state index contributed by atoms with van der Waals surface area (Å²) in [7, 11) is 0. The van der Waals surface area contributed by atoms with Gasteiger partial charge in [-0.05, 0) is 35.9 Å². The van der Waals surface area contributed by atoms with Crippen molar-refractivity contribution in [2.24, 2.45) is 0 Å². The van der Waals surface area contributed by atoms with E-state index in [9.17, 15) is 9.18 Å². The van der Waals surface area contributed by atoms with Crippen molar-refractivity contribution in [2.75, 3.05) is 5.32 Å². The van der Waals surface area contributed by atoms with E-state index in [0.717, 1.165) is 5.56 Å². The summed E-state index contributed by atoms with van der Waals surface area (Å²) in [6.45, 7) is 0.354. The zero-order chi connectivity index (χ0) is 21.8. The molecule has 0 fully saturated rings. The molecule has 0 aliphatic carbocycles. The van der Waals surface area contributed by atoms with E-state index in [2.05, 4.69) is 20.5 Å². The predicted octanol–water partition coefficient (Wildman–Crippen LogP) is 4.26. The molecule has 0 saturated heterocycles. The fraction of sp³-hybridized carbons (Fsp3) is 0.100. The third kappa shape index (κ3) is 5.19. The lowest BCUT2D eigenvalue weighted by Crippen LogP contribution is -2.15. The molecule has 0 unspecified atom stereocenters. The number of hydrogen-bond donors (Lipinski definition) is 1. The molecule has 1 N–H and O–H groups in total.